The first kappa shape index (κ1) is 13.2. The van der Waals surface area contributed by atoms with Crippen LogP contribution in [0.4, 0.5) is 4.39 Å². The van der Waals surface area contributed by atoms with E-state index >= 15 is 0 Å². The third kappa shape index (κ3) is 2.80. The van der Waals surface area contributed by atoms with Crippen LogP contribution in [0.3, 0.4) is 0 Å². The third-order valence-corrected chi connectivity index (χ3v) is 2.90. The number of hydrogen-bond donors (Lipinski definition) is 0. The summed E-state index contributed by atoms with van der Waals surface area (Å²) in [6.07, 6.45) is 0.632. The van der Waals surface area contributed by atoms with Gasteiger partial charge in [-0.25, -0.2) is 4.39 Å². The zero-order valence-corrected chi connectivity index (χ0v) is 11.1. The van der Waals surface area contributed by atoms with E-state index in [1.54, 1.807) is 24.3 Å². The second kappa shape index (κ2) is 5.63. The van der Waals surface area contributed by atoms with Crippen molar-refractivity contribution in [2.45, 2.75) is 0 Å². The van der Waals surface area contributed by atoms with Gasteiger partial charge in [-0.2, -0.15) is 5.26 Å². The number of rotatable bonds is 3. The number of halogens is 2. The molecule has 0 aliphatic heterocycles. The van der Waals surface area contributed by atoms with Crippen LogP contribution in [-0.2, 0) is 0 Å². The Balaban J connectivity index is 2.48. The molecule has 0 saturated carbocycles. The normalized spacial score (nSPS) is 9.74. The summed E-state index contributed by atoms with van der Waals surface area (Å²) in [6, 6.07) is 10.6. The zero-order chi connectivity index (χ0) is 13.8. The number of benzene rings is 2. The number of carbonyl (C=O) groups excluding carboxylic acids is 1. The first-order chi connectivity index (χ1) is 9.15. The standard InChI is InChI=1S/C14H7BrFNO2/c15-10-5-4-9(8-18)14(6-10)19-13-3-1-2-12(16)11(13)7-17/h1-6,8H. The predicted octanol–water partition coefficient (Wildman–Crippen LogP) is 4.06. The molecule has 0 unspecified atom stereocenters. The second-order valence-electron chi connectivity index (χ2n) is 3.63. The molecule has 0 amide bonds. The summed E-state index contributed by atoms with van der Waals surface area (Å²) < 4.78 is 19.6. The highest BCUT2D eigenvalue weighted by atomic mass is 79.9. The molecule has 19 heavy (non-hydrogen) atoms. The van der Waals surface area contributed by atoms with Crippen molar-refractivity contribution in [3.05, 3.63) is 57.8 Å². The van der Waals surface area contributed by atoms with Crippen LogP contribution < -0.4 is 4.74 Å². The molecule has 0 aromatic heterocycles. The topological polar surface area (TPSA) is 50.1 Å². The van der Waals surface area contributed by atoms with Crippen LogP contribution in [0.5, 0.6) is 11.5 Å². The van der Waals surface area contributed by atoms with Crippen LogP contribution >= 0.6 is 15.9 Å². The predicted molar refractivity (Wildman–Crippen MR) is 70.7 cm³/mol. The minimum absolute atomic E-state index is 0.0729. The molecule has 5 heteroatoms. The Kier molecular flexibility index (Phi) is 3.93. The number of nitrogens with zero attached hydrogens (tertiary/aromatic N) is 1. The maximum atomic E-state index is 13.4. The van der Waals surface area contributed by atoms with Gasteiger partial charge in [0.15, 0.2) is 6.29 Å². The van der Waals surface area contributed by atoms with Crippen molar-refractivity contribution in [1.29, 1.82) is 5.26 Å². The van der Waals surface area contributed by atoms with E-state index in [9.17, 15) is 9.18 Å². The van der Waals surface area contributed by atoms with Gasteiger partial charge in [0.25, 0.3) is 0 Å². The molecular weight excluding hydrogens is 313 g/mol. The van der Waals surface area contributed by atoms with Crippen molar-refractivity contribution in [2.75, 3.05) is 0 Å². The Hall–Kier alpha value is -2.19. The molecule has 0 heterocycles. The molecule has 0 spiro atoms. The van der Waals surface area contributed by atoms with Crippen molar-refractivity contribution in [3.8, 4) is 17.6 Å². The molecule has 2 aromatic carbocycles. The average Bonchev–Trinajstić information content (AvgIpc) is 2.39. The molecule has 2 rings (SSSR count). The summed E-state index contributed by atoms with van der Waals surface area (Å²) in [6.45, 7) is 0. The van der Waals surface area contributed by atoms with Gasteiger partial charge in [-0.05, 0) is 30.3 Å². The molecule has 0 saturated heterocycles. The lowest BCUT2D eigenvalue weighted by Crippen LogP contribution is -1.94. The first-order valence-electron chi connectivity index (χ1n) is 5.27. The van der Waals surface area contributed by atoms with Crippen LogP contribution in [-0.4, -0.2) is 6.29 Å². The highest BCUT2D eigenvalue weighted by molar-refractivity contribution is 9.10. The SMILES string of the molecule is N#Cc1c(F)cccc1Oc1cc(Br)ccc1C=O. The number of aldehydes is 1. The van der Waals surface area contributed by atoms with E-state index in [1.807, 2.05) is 0 Å². The third-order valence-electron chi connectivity index (χ3n) is 2.41. The van der Waals surface area contributed by atoms with Gasteiger partial charge in [0, 0.05) is 4.47 Å². The fourth-order valence-electron chi connectivity index (χ4n) is 1.51. The summed E-state index contributed by atoms with van der Waals surface area (Å²) in [5.41, 5.74) is 0.121. The van der Waals surface area contributed by atoms with E-state index < -0.39 is 5.82 Å². The van der Waals surface area contributed by atoms with Crippen molar-refractivity contribution < 1.29 is 13.9 Å². The van der Waals surface area contributed by atoms with Crippen LogP contribution in [0, 0.1) is 17.1 Å². The number of ether oxygens (including phenoxy) is 1. The van der Waals surface area contributed by atoms with Crippen LogP contribution in [0.2, 0.25) is 0 Å². The molecule has 0 N–H and O–H groups in total. The average molecular weight is 320 g/mol. The van der Waals surface area contributed by atoms with Gasteiger partial charge in [0.05, 0.1) is 5.56 Å². The molecule has 0 aliphatic carbocycles. The largest absolute Gasteiger partial charge is 0.455 e. The fourth-order valence-corrected chi connectivity index (χ4v) is 1.85. The van der Waals surface area contributed by atoms with Gasteiger partial charge in [0.1, 0.15) is 28.9 Å². The molecule has 0 aliphatic rings. The van der Waals surface area contributed by atoms with E-state index in [1.165, 1.54) is 18.2 Å². The van der Waals surface area contributed by atoms with Gasteiger partial charge in [-0.1, -0.05) is 22.0 Å². The lowest BCUT2D eigenvalue weighted by molar-refractivity contribution is 0.112. The summed E-state index contributed by atoms with van der Waals surface area (Å²) in [5.74, 6) is -0.335. The van der Waals surface area contributed by atoms with Gasteiger partial charge >= 0.3 is 0 Å². The summed E-state index contributed by atoms with van der Waals surface area (Å²) in [4.78, 5) is 10.9. The molecule has 2 aromatic rings. The number of nitriles is 1. The summed E-state index contributed by atoms with van der Waals surface area (Å²) >= 11 is 3.25. The summed E-state index contributed by atoms with van der Waals surface area (Å²) in [5, 5.41) is 8.91. The van der Waals surface area contributed by atoms with E-state index in [0.29, 0.717) is 16.3 Å². The smallest absolute Gasteiger partial charge is 0.153 e. The monoisotopic (exact) mass is 319 g/mol. The fraction of sp³-hybridized carbons (Fsp3) is 0. The van der Waals surface area contributed by atoms with E-state index in [0.717, 1.165) is 0 Å². The minimum Gasteiger partial charge on any atom is -0.455 e. The van der Waals surface area contributed by atoms with Gasteiger partial charge in [-0.3, -0.25) is 4.79 Å². The van der Waals surface area contributed by atoms with E-state index in [4.69, 9.17) is 10.00 Å². The zero-order valence-electron chi connectivity index (χ0n) is 9.56. The van der Waals surface area contributed by atoms with Gasteiger partial charge in [0.2, 0.25) is 0 Å². The Morgan fingerprint density at radius 3 is 2.74 bits per heavy atom. The molecule has 0 bridgehead atoms. The Morgan fingerprint density at radius 2 is 2.05 bits per heavy atom. The van der Waals surface area contributed by atoms with Crippen LogP contribution in [0.25, 0.3) is 0 Å². The van der Waals surface area contributed by atoms with E-state index in [2.05, 4.69) is 15.9 Å². The molecule has 0 atom stereocenters. The molecule has 3 nitrogen and oxygen atoms in total. The first-order valence-corrected chi connectivity index (χ1v) is 6.06. The van der Waals surface area contributed by atoms with E-state index in [-0.39, 0.29) is 17.1 Å². The molecule has 94 valence electrons. The van der Waals surface area contributed by atoms with Gasteiger partial charge < -0.3 is 4.74 Å². The number of hydrogen-bond acceptors (Lipinski definition) is 3. The van der Waals surface area contributed by atoms with Crippen LogP contribution in [0.15, 0.2) is 40.9 Å². The maximum absolute atomic E-state index is 13.4. The maximum Gasteiger partial charge on any atom is 0.153 e. The molecule has 0 fully saturated rings. The highest BCUT2D eigenvalue weighted by Crippen LogP contribution is 2.30. The number of carbonyl (C=O) groups is 1. The lowest BCUT2D eigenvalue weighted by atomic mass is 10.2. The van der Waals surface area contributed by atoms with Crippen LogP contribution in [0.1, 0.15) is 15.9 Å². The second-order valence-corrected chi connectivity index (χ2v) is 4.54. The molecular formula is C14H7BrFNO2. The van der Waals surface area contributed by atoms with Crippen molar-refractivity contribution in [3.63, 3.8) is 0 Å². The Morgan fingerprint density at radius 1 is 1.26 bits per heavy atom. The summed E-state index contributed by atoms with van der Waals surface area (Å²) in [7, 11) is 0. The van der Waals surface area contributed by atoms with Crippen molar-refractivity contribution >= 4 is 22.2 Å². The quantitative estimate of drug-likeness (QED) is 0.801. The Bertz CT molecular complexity index is 680. The van der Waals surface area contributed by atoms with Crippen molar-refractivity contribution in [2.24, 2.45) is 0 Å². The molecule has 0 radical (unpaired) electrons. The van der Waals surface area contributed by atoms with Gasteiger partial charge in [-0.15, -0.1) is 0 Å². The highest BCUT2D eigenvalue weighted by Gasteiger charge is 2.12. The minimum atomic E-state index is -0.664. The Labute approximate surface area is 117 Å². The van der Waals surface area contributed by atoms with Crippen molar-refractivity contribution in [1.82, 2.24) is 0 Å². The lowest BCUT2D eigenvalue weighted by Gasteiger charge is -2.10.